The van der Waals surface area contributed by atoms with E-state index >= 15 is 0 Å². The largest absolute Gasteiger partial charge is 0.488 e. The van der Waals surface area contributed by atoms with Crippen molar-refractivity contribution < 1.29 is 19.1 Å². The highest BCUT2D eigenvalue weighted by atomic mass is 35.5. The second-order valence-electron chi connectivity index (χ2n) is 6.65. The molecule has 6 nitrogen and oxygen atoms in total. The maximum absolute atomic E-state index is 12.3. The molecule has 1 aliphatic heterocycles. The minimum absolute atomic E-state index is 0.0453. The van der Waals surface area contributed by atoms with Crippen LogP contribution in [-0.2, 0) is 14.3 Å². The van der Waals surface area contributed by atoms with Crippen molar-refractivity contribution in [3.05, 3.63) is 34.4 Å². The topological polar surface area (TPSA) is 88.4 Å². The summed E-state index contributed by atoms with van der Waals surface area (Å²) < 4.78 is 10.7. The van der Waals surface area contributed by atoms with Gasteiger partial charge in [-0.1, -0.05) is 25.4 Å². The van der Waals surface area contributed by atoms with Crippen molar-refractivity contribution in [2.24, 2.45) is 5.92 Å². The van der Waals surface area contributed by atoms with Gasteiger partial charge in [0.25, 0.3) is 5.91 Å². The Morgan fingerprint density at radius 1 is 1.38 bits per heavy atom. The van der Waals surface area contributed by atoms with Gasteiger partial charge in [-0.15, -0.1) is 0 Å². The Morgan fingerprint density at radius 3 is 2.69 bits per heavy atom. The smallest absolute Gasteiger partial charge is 0.338 e. The fourth-order valence-corrected chi connectivity index (χ4v) is 2.40. The Morgan fingerprint density at radius 2 is 2.08 bits per heavy atom. The van der Waals surface area contributed by atoms with Crippen molar-refractivity contribution in [2.75, 3.05) is 6.61 Å². The minimum Gasteiger partial charge on any atom is -0.488 e. The lowest BCUT2D eigenvalue weighted by Crippen LogP contribution is -2.52. The fraction of sp³-hybridized carbons (Fsp3) is 0.421. The number of rotatable bonds is 5. The number of benzene rings is 1. The molecule has 26 heavy (non-hydrogen) atoms. The lowest BCUT2D eigenvalue weighted by atomic mass is 9.90. The Kier molecular flexibility index (Phi) is 5.94. The van der Waals surface area contributed by atoms with Crippen LogP contribution in [-0.4, -0.2) is 30.1 Å². The molecule has 1 aromatic rings. The molecule has 2 rings (SSSR count). The maximum Gasteiger partial charge on any atom is 0.338 e. The zero-order chi connectivity index (χ0) is 19.5. The number of nitrogens with zero attached hydrogens (tertiary/aromatic N) is 1. The first-order valence-electron chi connectivity index (χ1n) is 8.23. The van der Waals surface area contributed by atoms with Crippen LogP contribution in [0.5, 0.6) is 5.75 Å². The summed E-state index contributed by atoms with van der Waals surface area (Å²) in [5.41, 5.74) is -0.0864. The molecule has 0 saturated heterocycles. The van der Waals surface area contributed by atoms with Gasteiger partial charge in [0.1, 0.15) is 17.9 Å². The normalized spacial score (nSPS) is 16.3. The summed E-state index contributed by atoms with van der Waals surface area (Å²) in [4.78, 5) is 24.6. The number of carbonyl (C=O) groups is 2. The Hall–Kier alpha value is -2.52. The Bertz CT molecular complexity index is 797. The van der Waals surface area contributed by atoms with E-state index in [4.69, 9.17) is 21.1 Å². The molecule has 0 spiro atoms. The number of amides is 1. The molecule has 0 radical (unpaired) electrons. The summed E-state index contributed by atoms with van der Waals surface area (Å²) in [6.45, 7) is 6.78. The highest BCUT2D eigenvalue weighted by Crippen LogP contribution is 2.29. The van der Waals surface area contributed by atoms with E-state index in [1.807, 2.05) is 13.8 Å². The third kappa shape index (κ3) is 4.36. The number of fused-ring (bicyclic) bond motifs is 1. The average molecular weight is 377 g/mol. The van der Waals surface area contributed by atoms with Crippen LogP contribution in [0.2, 0.25) is 5.02 Å². The number of nitrogens with one attached hydrogen (secondary N) is 1. The Labute approximate surface area is 157 Å². The second-order valence-corrected chi connectivity index (χ2v) is 7.08. The average Bonchev–Trinajstić information content (AvgIpc) is 2.60. The number of ether oxygens (including phenoxy) is 2. The van der Waals surface area contributed by atoms with Crippen LogP contribution < -0.4 is 10.1 Å². The zero-order valence-electron chi connectivity index (χ0n) is 15.1. The highest BCUT2D eigenvalue weighted by molar-refractivity contribution is 6.30. The van der Waals surface area contributed by atoms with Crippen LogP contribution in [0.25, 0.3) is 6.08 Å². The molecule has 0 fully saturated rings. The van der Waals surface area contributed by atoms with Gasteiger partial charge in [0.05, 0.1) is 11.6 Å². The predicted molar refractivity (Wildman–Crippen MR) is 97.5 cm³/mol. The summed E-state index contributed by atoms with van der Waals surface area (Å²) in [5.74, 6) is -0.660. The zero-order valence-corrected chi connectivity index (χ0v) is 15.9. The lowest BCUT2D eigenvalue weighted by Gasteiger charge is -2.28. The van der Waals surface area contributed by atoms with E-state index in [2.05, 4.69) is 11.4 Å². The monoisotopic (exact) mass is 376 g/mol. The van der Waals surface area contributed by atoms with Crippen molar-refractivity contribution >= 4 is 29.6 Å². The Balaban J connectivity index is 2.06. The minimum atomic E-state index is -1.05. The number of nitriles is 1. The quantitative estimate of drug-likeness (QED) is 0.797. The second kappa shape index (κ2) is 7.79. The summed E-state index contributed by atoms with van der Waals surface area (Å²) in [6.07, 6.45) is 0.584. The number of hydrogen-bond donors (Lipinski definition) is 1. The molecule has 1 heterocycles. The predicted octanol–water partition coefficient (Wildman–Crippen LogP) is 3.10. The van der Waals surface area contributed by atoms with Gasteiger partial charge in [0.15, 0.2) is 6.10 Å². The first kappa shape index (κ1) is 19.8. The van der Waals surface area contributed by atoms with Gasteiger partial charge in [0, 0.05) is 10.6 Å². The first-order chi connectivity index (χ1) is 12.2. The van der Waals surface area contributed by atoms with E-state index in [9.17, 15) is 14.9 Å². The van der Waals surface area contributed by atoms with Gasteiger partial charge in [0.2, 0.25) is 0 Å². The first-order valence-corrected chi connectivity index (χ1v) is 8.61. The van der Waals surface area contributed by atoms with Gasteiger partial charge in [-0.2, -0.15) is 5.26 Å². The van der Waals surface area contributed by atoms with Crippen LogP contribution in [0.1, 0.15) is 33.3 Å². The number of esters is 1. The van der Waals surface area contributed by atoms with Gasteiger partial charge >= 0.3 is 5.97 Å². The standard InChI is InChI=1S/C19H21ClN2O4/c1-11(2)19(4,10-21)22-17(23)12(3)26-18(24)14-7-13-8-15(20)5-6-16(13)25-9-14/h5-8,11-12H,9H2,1-4H3,(H,22,23). The van der Waals surface area contributed by atoms with Gasteiger partial charge in [-0.05, 0) is 44.0 Å². The van der Waals surface area contributed by atoms with Crippen LogP contribution in [0, 0.1) is 17.2 Å². The molecule has 1 amide bonds. The molecule has 1 aromatic carbocycles. The molecule has 0 aliphatic carbocycles. The number of halogens is 1. The van der Waals surface area contributed by atoms with Crippen molar-refractivity contribution in [1.82, 2.24) is 5.32 Å². The molecule has 1 N–H and O–H groups in total. The fourth-order valence-electron chi connectivity index (χ4n) is 2.21. The summed E-state index contributed by atoms with van der Waals surface area (Å²) in [6, 6.07) is 7.18. The molecule has 0 aromatic heterocycles. The lowest BCUT2D eigenvalue weighted by molar-refractivity contribution is -0.152. The third-order valence-electron chi connectivity index (χ3n) is 4.37. The van der Waals surface area contributed by atoms with Gasteiger partial charge < -0.3 is 14.8 Å². The molecular weight excluding hydrogens is 356 g/mol. The molecule has 2 atom stereocenters. The molecule has 0 bridgehead atoms. The van der Waals surface area contributed by atoms with Crippen LogP contribution in [0.4, 0.5) is 0 Å². The number of hydrogen-bond acceptors (Lipinski definition) is 5. The molecular formula is C19H21ClN2O4. The van der Waals surface area contributed by atoms with E-state index in [0.717, 1.165) is 0 Å². The maximum atomic E-state index is 12.3. The van der Waals surface area contributed by atoms with E-state index in [1.54, 1.807) is 31.2 Å². The van der Waals surface area contributed by atoms with Crippen molar-refractivity contribution in [3.8, 4) is 11.8 Å². The SMILES string of the molecule is CC(OC(=O)C1=Cc2cc(Cl)ccc2OC1)C(=O)NC(C)(C#N)C(C)C. The summed E-state index contributed by atoms with van der Waals surface area (Å²) in [7, 11) is 0. The molecule has 1 aliphatic rings. The van der Waals surface area contributed by atoms with Gasteiger partial charge in [-0.3, -0.25) is 4.79 Å². The van der Waals surface area contributed by atoms with Crippen LogP contribution in [0.15, 0.2) is 23.8 Å². The summed E-state index contributed by atoms with van der Waals surface area (Å²) >= 11 is 5.95. The van der Waals surface area contributed by atoms with Crippen molar-refractivity contribution in [3.63, 3.8) is 0 Å². The van der Waals surface area contributed by atoms with E-state index < -0.39 is 23.5 Å². The summed E-state index contributed by atoms with van der Waals surface area (Å²) in [5, 5.41) is 12.4. The van der Waals surface area contributed by atoms with E-state index in [1.165, 1.54) is 6.92 Å². The van der Waals surface area contributed by atoms with Crippen molar-refractivity contribution in [2.45, 2.75) is 39.3 Å². The van der Waals surface area contributed by atoms with E-state index in [-0.39, 0.29) is 18.1 Å². The third-order valence-corrected chi connectivity index (χ3v) is 4.60. The van der Waals surface area contributed by atoms with Gasteiger partial charge in [-0.25, -0.2) is 4.79 Å². The molecule has 2 unspecified atom stereocenters. The van der Waals surface area contributed by atoms with E-state index in [0.29, 0.717) is 16.3 Å². The van der Waals surface area contributed by atoms with Crippen LogP contribution in [0.3, 0.4) is 0 Å². The number of carbonyl (C=O) groups excluding carboxylic acids is 2. The van der Waals surface area contributed by atoms with Crippen molar-refractivity contribution in [1.29, 1.82) is 5.26 Å². The molecule has 0 saturated carbocycles. The molecule has 138 valence electrons. The highest BCUT2D eigenvalue weighted by Gasteiger charge is 2.33. The van der Waals surface area contributed by atoms with Crippen LogP contribution >= 0.6 is 11.6 Å². The molecule has 7 heteroatoms.